The monoisotopic (exact) mass is 1250 g/mol. The summed E-state index contributed by atoms with van der Waals surface area (Å²) < 4.78 is 367. The Kier molecular flexibility index (Phi) is 7.24. The average molecular weight is 1250 g/mol. The highest BCUT2D eigenvalue weighted by Crippen LogP contribution is 2.50. The van der Waals surface area contributed by atoms with Crippen molar-refractivity contribution in [2.24, 2.45) is 0 Å². The Balaban J connectivity index is 1.04. The molecule has 0 spiro atoms. The largest absolute Gasteiger partial charge is 0.458 e. The predicted octanol–water partition coefficient (Wildman–Crippen LogP) is 18.7. The zero-order chi connectivity index (χ0) is 95.9. The van der Waals surface area contributed by atoms with E-state index in [2.05, 4.69) is 86.3 Å². The van der Waals surface area contributed by atoms with Gasteiger partial charge in [0.05, 0.1) is 41.7 Å². The Bertz CT molecular complexity index is 6390. The van der Waals surface area contributed by atoms with Crippen molar-refractivity contribution >= 4 is 61.7 Å². The minimum absolute atomic E-state index is 0.0426. The van der Waals surface area contributed by atoms with Gasteiger partial charge in [0.2, 0.25) is 0 Å². The normalized spacial score (nSPS) is 25.1. The lowest BCUT2D eigenvalue weighted by molar-refractivity contribution is -0.571. The molecule has 10 aromatic carbocycles. The number of rotatable bonds is 11. The zero-order valence-corrected chi connectivity index (χ0v) is 50.9. The summed E-state index contributed by atoms with van der Waals surface area (Å²) in [6.07, 6.45) is -14.4. The number of aromatic nitrogens is 4. The van der Waals surface area contributed by atoms with E-state index in [1.807, 2.05) is 78.9 Å². The molecule has 5 nitrogen and oxygen atoms in total. The minimum Gasteiger partial charge on any atom is -0.458 e. The van der Waals surface area contributed by atoms with E-state index in [1.165, 1.54) is 34.9 Å². The molecular weight excluding hydrogens is 1130 g/mol. The first-order valence-corrected chi connectivity index (χ1v) is 31.7. The predicted molar refractivity (Wildman–Crippen MR) is 386 cm³/mol. The first-order chi connectivity index (χ1) is 59.8. The van der Waals surface area contributed by atoms with Crippen molar-refractivity contribution in [1.29, 1.82) is 0 Å². The van der Waals surface area contributed by atoms with Gasteiger partial charge in [0.15, 0.2) is 8.07 Å². The van der Waals surface area contributed by atoms with Crippen molar-refractivity contribution in [1.82, 2.24) is 14.1 Å². The van der Waals surface area contributed by atoms with Gasteiger partial charge in [-0.15, -0.1) is 0 Å². The average Bonchev–Trinajstić information content (AvgIpc) is 0.691. The van der Waals surface area contributed by atoms with Crippen LogP contribution in [0, 0.1) is 6.33 Å². The number of fused-ring (bicyclic) bond motifs is 6. The molecule has 456 valence electrons. The van der Waals surface area contributed by atoms with E-state index in [0.29, 0.717) is 11.3 Å². The Hall–Kier alpha value is -9.36. The molecule has 0 fully saturated rings. The molecule has 0 saturated carbocycles. The van der Waals surface area contributed by atoms with Gasteiger partial charge in [-0.25, -0.2) is 4.98 Å². The van der Waals surface area contributed by atoms with E-state index in [0.717, 1.165) is 65.4 Å². The third-order valence-electron chi connectivity index (χ3n) is 17.3. The van der Waals surface area contributed by atoms with Crippen LogP contribution in [-0.4, -0.2) is 22.2 Å². The summed E-state index contributed by atoms with van der Waals surface area (Å²) >= 11 is 0. The van der Waals surface area contributed by atoms with E-state index < -0.39 is 196 Å². The molecule has 3 aromatic heterocycles. The molecule has 15 rings (SSSR count). The van der Waals surface area contributed by atoms with Crippen LogP contribution in [0.2, 0.25) is 0 Å². The summed E-state index contributed by atoms with van der Waals surface area (Å²) in [4.78, 5) is 5.04. The number of hydrogen-bond acceptors (Lipinski definition) is 2. The number of ether oxygens (including phenoxy) is 1. The summed E-state index contributed by atoms with van der Waals surface area (Å²) in [6.45, 7) is -30.2. The summed E-state index contributed by atoms with van der Waals surface area (Å²) in [5, 5.41) is 6.10. The first-order valence-electron chi connectivity index (χ1n) is 48.7. The minimum atomic E-state index is -4.86. The second-order valence-electron chi connectivity index (χ2n) is 24.3. The van der Waals surface area contributed by atoms with Crippen LogP contribution >= 0.6 is 0 Å². The molecule has 6 heteroatoms. The topological polar surface area (TPSA) is 35.9 Å². The maximum atomic E-state index is 10.5. The van der Waals surface area contributed by atoms with E-state index in [9.17, 15) is 19.2 Å². The molecule has 2 aliphatic carbocycles. The molecule has 0 atom stereocenters. The van der Waals surface area contributed by atoms with E-state index in [1.54, 1.807) is 30.5 Å². The molecular formula is C86H82N4OSi. The second kappa shape index (κ2) is 21.9. The number of hydrogen-bond donors (Lipinski definition) is 0. The Labute approximate surface area is 598 Å². The highest BCUT2D eigenvalue weighted by Gasteiger charge is 2.43. The van der Waals surface area contributed by atoms with Crippen molar-refractivity contribution in [2.45, 2.75) is 128 Å². The molecule has 0 saturated heterocycles. The molecule has 0 radical (unpaired) electrons. The van der Waals surface area contributed by atoms with Crippen molar-refractivity contribution in [3.05, 3.63) is 283 Å². The van der Waals surface area contributed by atoms with Gasteiger partial charge in [-0.1, -0.05) is 264 Å². The molecule has 0 aliphatic heterocycles. The molecule has 2 aliphatic rings. The number of pyridine rings is 1. The van der Waals surface area contributed by atoms with Gasteiger partial charge in [-0.05, 0) is 172 Å². The molecule has 3 heterocycles. The maximum Gasteiger partial charge on any atom is 0.269 e. The third kappa shape index (κ3) is 9.87. The molecule has 13 aromatic rings. The lowest BCUT2D eigenvalue weighted by Gasteiger charge is -2.42. The highest BCUT2D eigenvalue weighted by atomic mass is 28.3. The van der Waals surface area contributed by atoms with Crippen LogP contribution in [0.15, 0.2) is 249 Å². The van der Waals surface area contributed by atoms with Gasteiger partial charge in [-0.3, -0.25) is 13.7 Å². The quantitative estimate of drug-likeness (QED) is 0.0560. The lowest BCUT2D eigenvalue weighted by atomic mass is 9.62. The van der Waals surface area contributed by atoms with Crippen molar-refractivity contribution in [2.75, 3.05) is 0 Å². The smallest absolute Gasteiger partial charge is 0.269 e. The van der Waals surface area contributed by atoms with Gasteiger partial charge in [-0.2, -0.15) is 0 Å². The first kappa shape index (κ1) is 30.4. The molecule has 0 N–H and O–H groups in total. The van der Waals surface area contributed by atoms with Gasteiger partial charge in [0, 0.05) is 66.9 Å². The van der Waals surface area contributed by atoms with Crippen LogP contribution in [0.3, 0.4) is 0 Å². The van der Waals surface area contributed by atoms with Gasteiger partial charge >= 0.3 is 0 Å². The third-order valence-corrected chi connectivity index (χ3v) is 22.1. The standard InChI is InChI=1S/C86H82N4OSi/c1-82(2,3)60-45-50-87-80(53-60)90-78-55-63(39-41-70(78)71-42-40-67(56-79(71)90)92(64-27-15-12-16-28-64,65-29-17-13-18-30-65)66-31-19-14-20-32-66)91-62-26-23-25-61(54-62)88-57-89(77-36-22-21-35-76(77)88)81-68(58-37-43-72-74(51-58)85(8,9)48-46-83(72,4)5)33-24-34-69(81)59-38-44-73-75(52-59)86(10,11)49-47-84(73,6)7/h12-45,50-56H,46-49H2,1-11H3/i4D3,5D3,6D3,7D3,8D3,9D3,10D3,11D3,37D,38D,43D,44D,46D2,47D2,48D2,49D2,51D,52D. The summed E-state index contributed by atoms with van der Waals surface area (Å²) in [6, 6.07) is 51.4. The Morgan fingerprint density at radius 2 is 1.01 bits per heavy atom. The highest BCUT2D eigenvalue weighted by molar-refractivity contribution is 7.20. The molecule has 92 heavy (non-hydrogen) atoms. The maximum absolute atomic E-state index is 10.5. The Morgan fingerprint density at radius 1 is 0.500 bits per heavy atom. The molecule has 0 amide bonds. The molecule has 0 bridgehead atoms. The summed E-state index contributed by atoms with van der Waals surface area (Å²) in [7, 11) is -3.18. The fourth-order valence-electron chi connectivity index (χ4n) is 12.9. The van der Waals surface area contributed by atoms with Gasteiger partial charge in [0.25, 0.3) is 6.33 Å². The van der Waals surface area contributed by atoms with Crippen LogP contribution in [-0.2, 0) is 27.1 Å². The van der Waals surface area contributed by atoms with E-state index >= 15 is 0 Å². The van der Waals surface area contributed by atoms with Gasteiger partial charge < -0.3 is 4.74 Å². The lowest BCUT2D eigenvalue weighted by Crippen LogP contribution is -2.74. The fraction of sp³-hybridized carbons (Fsp3) is 0.233. The summed E-state index contributed by atoms with van der Waals surface area (Å²) in [5.74, 6) is 0.957. The van der Waals surface area contributed by atoms with Crippen LogP contribution in [0.5, 0.6) is 11.5 Å². The second-order valence-corrected chi connectivity index (χ2v) is 28.1. The summed E-state index contributed by atoms with van der Waals surface area (Å²) in [5.41, 5.74) is -29.6. The number of benzene rings is 10. The van der Waals surface area contributed by atoms with Crippen LogP contribution < -0.4 is 30.1 Å². The van der Waals surface area contributed by atoms with Crippen molar-refractivity contribution in [3.63, 3.8) is 0 Å². The molecule has 0 unspecified atom stereocenters. The Morgan fingerprint density at radius 3 is 1.58 bits per heavy atom. The fourth-order valence-corrected chi connectivity index (χ4v) is 17.6. The van der Waals surface area contributed by atoms with E-state index in [4.69, 9.17) is 42.6 Å². The SMILES string of the molecule is [2H]c1c([2H])c2c(c([2H])c1-c1cccc(-c3c([2H])c([2H])c4c(c3[2H])C(C([2H])([2H])[2H])(C([2H])([2H])[2H])C([2H])([2H])C([2H])([2H])C4(C([2H])([2H])[2H])C([2H])([2H])[2H])c1-[n+]1[c-]n(-c3cccc(Oc4ccc5c6ccc([Si](c7ccccc7)(c7ccccc7)c7ccccc7)cc6n(-c6cc(C(C)(C)C)ccn6)c5c4)c3)c3ccccc31)C(C([2H])([2H])[2H])(C([2H])([2H])[2H])C([2H])([2H])C([2H])([2H])C2(C([2H])([2H])[2H])C([2H])([2H])[2H]. The van der Waals surface area contributed by atoms with E-state index in [-0.39, 0.29) is 33.6 Å². The number of para-hydroxylation sites is 3. The zero-order valence-electron chi connectivity index (χ0n) is 87.9. The van der Waals surface area contributed by atoms with Gasteiger partial charge in [0.1, 0.15) is 17.3 Å². The van der Waals surface area contributed by atoms with Crippen LogP contribution in [0.4, 0.5) is 0 Å². The van der Waals surface area contributed by atoms with Crippen LogP contribution in [0.25, 0.3) is 72.3 Å². The van der Waals surface area contributed by atoms with Crippen molar-refractivity contribution in [3.8, 4) is 50.9 Å². The number of imidazole rings is 1. The van der Waals surface area contributed by atoms with Crippen LogP contribution in [0.1, 0.15) is 181 Å². The van der Waals surface area contributed by atoms with Crippen molar-refractivity contribution < 1.29 is 61.4 Å². The number of nitrogens with zero attached hydrogens (tertiary/aromatic N) is 4.